The number of halogens is 1. The smallest absolute Gasteiger partial charge is 0.350 e. The molecule has 20 heteroatoms. The third-order valence-electron chi connectivity index (χ3n) is 8.57. The Bertz CT molecular complexity index is 2100. The Balaban J connectivity index is 1.24. The van der Waals surface area contributed by atoms with E-state index in [-0.39, 0.29) is 39.4 Å². The first-order chi connectivity index (χ1) is 24.6. The number of oxime groups is 1. The van der Waals surface area contributed by atoms with E-state index in [1.54, 1.807) is 22.9 Å². The lowest BCUT2D eigenvalue weighted by molar-refractivity contribution is -0.696. The Hall–Kier alpha value is -5.40. The second-order valence-electron chi connectivity index (χ2n) is 12.3. The predicted molar refractivity (Wildman–Crippen MR) is 184 cm³/mol. The number of thioether (sulfide) groups is 1. The van der Waals surface area contributed by atoms with Crippen molar-refractivity contribution in [1.82, 2.24) is 15.2 Å². The number of nitrogens with two attached hydrogens (primary N) is 1. The maximum Gasteiger partial charge on any atom is 0.350 e. The van der Waals surface area contributed by atoms with Crippen molar-refractivity contribution >= 4 is 80.9 Å². The van der Waals surface area contributed by atoms with E-state index >= 15 is 0 Å². The molecule has 1 fully saturated rings. The van der Waals surface area contributed by atoms with Crippen molar-refractivity contribution in [3.63, 3.8) is 0 Å². The minimum atomic E-state index is -1.81. The maximum atomic E-state index is 13.6. The lowest BCUT2D eigenvalue weighted by Crippen LogP contribution is -2.71. The number of phenols is 2. The third kappa shape index (κ3) is 6.57. The number of aromatic nitrogens is 2. The molecule has 6 rings (SSSR count). The number of thiazole rings is 1. The number of nitrogens with one attached hydrogen (secondary N) is 1. The number of β-lactam (4-membered cyclic amide) rings is 1. The number of fused-ring (bicyclic) bond motifs is 2. The third-order valence-corrected chi connectivity index (χ3v) is 11.0. The van der Waals surface area contributed by atoms with Gasteiger partial charge >= 0.3 is 5.97 Å². The highest BCUT2D eigenvalue weighted by atomic mass is 35.5. The number of pyridine rings is 1. The molecule has 0 aliphatic carbocycles. The molecule has 3 aliphatic heterocycles. The fourth-order valence-electron chi connectivity index (χ4n) is 5.85. The second-order valence-corrected chi connectivity index (χ2v) is 14.7. The van der Waals surface area contributed by atoms with Gasteiger partial charge in [-0.05, 0) is 38.5 Å². The van der Waals surface area contributed by atoms with Crippen LogP contribution in [-0.2, 0) is 37.0 Å². The molecule has 0 radical (unpaired) electrons. The Kier molecular flexibility index (Phi) is 9.77. The molecule has 272 valence electrons. The van der Waals surface area contributed by atoms with Crippen molar-refractivity contribution in [2.75, 3.05) is 22.9 Å². The summed E-state index contributed by atoms with van der Waals surface area (Å²) < 4.78 is 1.79. The summed E-state index contributed by atoms with van der Waals surface area (Å²) >= 11 is 8.39. The zero-order chi connectivity index (χ0) is 37.6. The number of hydrogen-bond acceptors (Lipinski definition) is 14. The number of nitrogens with zero attached hydrogens (tertiary/aromatic N) is 5. The Morgan fingerprint density at radius 1 is 1.25 bits per heavy atom. The zero-order valence-electron chi connectivity index (χ0n) is 27.4. The molecule has 6 N–H and O–H groups in total. The number of amides is 3. The SMILES string of the molecule is CC(C)(O/N=C(\C(=O)N[C@@H]1C(=O)N2C(C(=O)[O-])=C(C[n+]3cccc4c3CCCN4C(=O)c3ccc(O)c(O)c3Cl)CS[C@H]12)c1csc(N)n1)C(=O)O. The lowest BCUT2D eigenvalue weighted by atomic mass is 10.0. The van der Waals surface area contributed by atoms with Crippen molar-refractivity contribution < 1.29 is 53.8 Å². The number of carbonyl (C=O) groups is 5. The van der Waals surface area contributed by atoms with Crippen molar-refractivity contribution in [1.29, 1.82) is 0 Å². The van der Waals surface area contributed by atoms with Crippen LogP contribution in [0, 0.1) is 0 Å². The minimum absolute atomic E-state index is 0.0134. The van der Waals surface area contributed by atoms with Gasteiger partial charge in [0.25, 0.3) is 17.7 Å². The Morgan fingerprint density at radius 3 is 2.67 bits per heavy atom. The van der Waals surface area contributed by atoms with Crippen LogP contribution in [0.25, 0.3) is 0 Å². The average molecular weight is 772 g/mol. The monoisotopic (exact) mass is 771 g/mol. The predicted octanol–water partition coefficient (Wildman–Crippen LogP) is 0.358. The van der Waals surface area contributed by atoms with E-state index in [2.05, 4.69) is 15.5 Å². The number of anilines is 2. The molecular weight excluding hydrogens is 742 g/mol. The summed E-state index contributed by atoms with van der Waals surface area (Å²) in [7, 11) is 0. The largest absolute Gasteiger partial charge is 0.543 e. The number of aliphatic carboxylic acids is 2. The molecule has 0 unspecified atom stereocenters. The van der Waals surface area contributed by atoms with E-state index in [1.165, 1.54) is 48.0 Å². The van der Waals surface area contributed by atoms with Gasteiger partial charge in [-0.2, -0.15) is 4.57 Å². The van der Waals surface area contributed by atoms with Crippen LogP contribution in [-0.4, -0.2) is 89.9 Å². The quantitative estimate of drug-likeness (QED) is 0.0615. The number of hydrogen-bond donors (Lipinski definition) is 5. The number of rotatable bonds is 10. The van der Waals surface area contributed by atoms with E-state index in [0.29, 0.717) is 36.3 Å². The summed E-state index contributed by atoms with van der Waals surface area (Å²) in [4.78, 5) is 76.2. The van der Waals surface area contributed by atoms with Crippen LogP contribution in [0.3, 0.4) is 0 Å². The minimum Gasteiger partial charge on any atom is -0.543 e. The molecule has 3 aromatic rings. The van der Waals surface area contributed by atoms with Crippen LogP contribution in [0.4, 0.5) is 10.8 Å². The highest BCUT2D eigenvalue weighted by Gasteiger charge is 2.53. The molecular formula is C32H30ClN7O10S2. The number of nitrogen functional groups attached to an aromatic ring is 1. The van der Waals surface area contributed by atoms with Gasteiger partial charge in [0.1, 0.15) is 22.8 Å². The zero-order valence-corrected chi connectivity index (χ0v) is 29.8. The van der Waals surface area contributed by atoms with E-state index in [9.17, 15) is 44.4 Å². The normalized spacial score (nSPS) is 18.7. The number of phenolic OH excluding ortho intramolecular Hbond substituents is 2. The molecule has 52 heavy (non-hydrogen) atoms. The number of carbonyl (C=O) groups excluding carboxylic acids is 4. The van der Waals surface area contributed by atoms with Gasteiger partial charge in [0.15, 0.2) is 35.1 Å². The average Bonchev–Trinajstić information content (AvgIpc) is 3.54. The highest BCUT2D eigenvalue weighted by Crippen LogP contribution is 2.41. The summed E-state index contributed by atoms with van der Waals surface area (Å²) in [5, 5.41) is 48.5. The molecule has 5 heterocycles. The topological polar surface area (TPSA) is 252 Å². The number of carboxylic acids is 2. The summed E-state index contributed by atoms with van der Waals surface area (Å²) in [6.45, 7) is 2.81. The molecule has 17 nitrogen and oxygen atoms in total. The van der Waals surface area contributed by atoms with Crippen molar-refractivity contribution in [3.8, 4) is 11.5 Å². The lowest BCUT2D eigenvalue weighted by Gasteiger charge is -2.50. The van der Waals surface area contributed by atoms with Crippen LogP contribution in [0.5, 0.6) is 11.5 Å². The van der Waals surface area contributed by atoms with Gasteiger partial charge in [0.05, 0.1) is 22.3 Å². The van der Waals surface area contributed by atoms with Crippen LogP contribution in [0.1, 0.15) is 42.0 Å². The molecule has 0 bridgehead atoms. The van der Waals surface area contributed by atoms with E-state index in [0.717, 1.165) is 16.2 Å². The highest BCUT2D eigenvalue weighted by molar-refractivity contribution is 8.00. The van der Waals surface area contributed by atoms with Crippen LogP contribution in [0.15, 0.2) is 52.3 Å². The maximum absolute atomic E-state index is 13.6. The van der Waals surface area contributed by atoms with E-state index < -0.39 is 63.9 Å². The van der Waals surface area contributed by atoms with Gasteiger partial charge in [-0.15, -0.1) is 23.1 Å². The first-order valence-corrected chi connectivity index (χ1v) is 17.8. The fraction of sp³-hybridized carbons (Fsp3) is 0.312. The second kappa shape index (κ2) is 14.0. The van der Waals surface area contributed by atoms with Gasteiger partial charge in [-0.1, -0.05) is 16.8 Å². The van der Waals surface area contributed by atoms with Crippen molar-refractivity contribution in [2.24, 2.45) is 5.16 Å². The van der Waals surface area contributed by atoms with Gasteiger partial charge in [0, 0.05) is 35.7 Å². The molecule has 1 aromatic carbocycles. The number of aromatic hydroxyl groups is 2. The Labute approximate surface area is 307 Å². The van der Waals surface area contributed by atoms with Gasteiger partial charge < -0.3 is 46.0 Å². The molecule has 0 saturated carbocycles. The first kappa shape index (κ1) is 36.4. The fourth-order valence-corrected chi connectivity index (χ4v) is 7.97. The Morgan fingerprint density at radius 2 is 2.00 bits per heavy atom. The summed E-state index contributed by atoms with van der Waals surface area (Å²) in [5.41, 5.74) is 4.70. The summed E-state index contributed by atoms with van der Waals surface area (Å²) in [6, 6.07) is 4.72. The number of benzene rings is 1. The van der Waals surface area contributed by atoms with Crippen molar-refractivity contribution in [2.45, 2.75) is 50.3 Å². The van der Waals surface area contributed by atoms with Gasteiger partial charge in [-0.3, -0.25) is 19.3 Å². The summed E-state index contributed by atoms with van der Waals surface area (Å²) in [6.07, 6.45) is 2.82. The molecule has 3 amide bonds. The molecule has 1 saturated heterocycles. The number of carboxylic acid groups (broad SMARTS) is 2. The standard InChI is InChI=1S/C32H30ClN7O10S2/c1-32(2,30(48)49)50-37-21(16-13-52-31(34)35-16)25(43)36-22-27(45)40-23(29(46)47)14(12-51-28(22)40)11-38-9-3-6-18-17(38)5-4-10-39(18)26(44)15-7-8-19(41)24(42)20(15)33/h3,6-9,13,22,28H,4-5,10-12H2,1-2H3,(H6-,34,35,36,37,41,42,43,44,46,47,48,49)/t22-,28-/m1/s1. The van der Waals surface area contributed by atoms with Crippen LogP contribution < -0.4 is 25.6 Å². The summed E-state index contributed by atoms with van der Waals surface area (Å²) in [5.74, 6) is -6.04. The van der Waals surface area contributed by atoms with E-state index in [4.69, 9.17) is 22.2 Å². The molecule has 0 spiro atoms. The van der Waals surface area contributed by atoms with Crippen LogP contribution in [0.2, 0.25) is 5.02 Å². The molecule has 2 aromatic heterocycles. The van der Waals surface area contributed by atoms with Crippen molar-refractivity contribution in [3.05, 3.63) is 69.1 Å². The first-order valence-electron chi connectivity index (χ1n) is 15.5. The van der Waals surface area contributed by atoms with E-state index in [1.807, 2.05) is 0 Å². The molecule has 2 atom stereocenters. The van der Waals surface area contributed by atoms with Crippen LogP contribution >= 0.6 is 34.7 Å². The van der Waals surface area contributed by atoms with Gasteiger partial charge in [-0.25, -0.2) is 9.78 Å². The van der Waals surface area contributed by atoms with Gasteiger partial charge in [0.2, 0.25) is 11.3 Å². The molecule has 3 aliphatic rings.